The van der Waals surface area contributed by atoms with Crippen LogP contribution in [0.25, 0.3) is 0 Å². The molecule has 0 atom stereocenters. The van der Waals surface area contributed by atoms with Crippen LogP contribution < -0.4 is 11.1 Å². The number of amides is 1. The van der Waals surface area contributed by atoms with E-state index >= 15 is 0 Å². The van der Waals surface area contributed by atoms with E-state index in [1.807, 2.05) is 0 Å². The maximum absolute atomic E-state index is 13.3. The zero-order chi connectivity index (χ0) is 14.5. The topological polar surface area (TPSA) is 80.9 Å². The number of nitrogens with two attached hydrogens (primary N) is 1. The van der Waals surface area contributed by atoms with Crippen molar-refractivity contribution in [3.8, 4) is 0 Å². The summed E-state index contributed by atoms with van der Waals surface area (Å²) in [4.78, 5) is 19.4. The summed E-state index contributed by atoms with van der Waals surface area (Å²) in [6.07, 6.45) is 2.89. The van der Waals surface area contributed by atoms with E-state index in [0.29, 0.717) is 11.1 Å². The molecule has 5 nitrogen and oxygen atoms in total. The molecule has 1 amide bonds. The molecule has 1 aromatic carbocycles. The lowest BCUT2D eigenvalue weighted by atomic mass is 10.3. The maximum atomic E-state index is 13.3. The van der Waals surface area contributed by atoms with Gasteiger partial charge in [-0.05, 0) is 12.1 Å². The summed E-state index contributed by atoms with van der Waals surface area (Å²) in [7, 11) is 0. The molecular formula is C12H10F2N4OS. The van der Waals surface area contributed by atoms with Crippen LogP contribution in [-0.2, 0) is 4.79 Å². The Balaban J connectivity index is 1.94. The minimum Gasteiger partial charge on any atom is -0.381 e. The van der Waals surface area contributed by atoms with Gasteiger partial charge >= 0.3 is 0 Å². The van der Waals surface area contributed by atoms with E-state index < -0.39 is 17.5 Å². The molecule has 2 rings (SSSR count). The summed E-state index contributed by atoms with van der Waals surface area (Å²) in [6, 6.07) is 2.92. The minimum absolute atomic E-state index is 0.0142. The van der Waals surface area contributed by atoms with Crippen LogP contribution in [0.2, 0.25) is 0 Å². The fraction of sp³-hybridized carbons (Fsp3) is 0.0833. The van der Waals surface area contributed by atoms with Crippen LogP contribution in [0.4, 0.5) is 20.3 Å². The van der Waals surface area contributed by atoms with Crippen LogP contribution >= 0.6 is 11.8 Å². The second-order valence-electron chi connectivity index (χ2n) is 3.71. The quantitative estimate of drug-likeness (QED) is 0.844. The minimum atomic E-state index is -0.831. The number of nitrogen functional groups attached to an aromatic ring is 1. The Kier molecular flexibility index (Phi) is 4.46. The zero-order valence-corrected chi connectivity index (χ0v) is 11.0. The Bertz CT molecular complexity index is 639. The molecule has 8 heteroatoms. The van der Waals surface area contributed by atoms with Crippen LogP contribution in [0.1, 0.15) is 0 Å². The number of carbonyl (C=O) groups is 1. The smallest absolute Gasteiger partial charge is 0.234 e. The molecule has 0 radical (unpaired) electrons. The predicted molar refractivity (Wildman–Crippen MR) is 72.2 cm³/mol. The molecule has 0 unspecified atom stereocenters. The highest BCUT2D eigenvalue weighted by atomic mass is 32.2. The summed E-state index contributed by atoms with van der Waals surface area (Å²) >= 11 is 1.08. The third kappa shape index (κ3) is 3.64. The second kappa shape index (κ2) is 6.29. The van der Waals surface area contributed by atoms with Gasteiger partial charge in [0, 0.05) is 18.5 Å². The second-order valence-corrected chi connectivity index (χ2v) is 4.67. The van der Waals surface area contributed by atoms with E-state index in [9.17, 15) is 13.6 Å². The van der Waals surface area contributed by atoms with E-state index in [0.717, 1.165) is 23.9 Å². The number of thioether (sulfide) groups is 1. The molecule has 2 aromatic rings. The summed E-state index contributed by atoms with van der Waals surface area (Å²) < 4.78 is 26.0. The first-order valence-electron chi connectivity index (χ1n) is 5.50. The predicted octanol–water partition coefficient (Wildman–Crippen LogP) is 2.07. The van der Waals surface area contributed by atoms with Gasteiger partial charge in [-0.25, -0.2) is 18.7 Å². The van der Waals surface area contributed by atoms with Crippen molar-refractivity contribution in [3.63, 3.8) is 0 Å². The SMILES string of the molecule is Nc1nccnc1SCC(=O)Nc1ccc(F)cc1F. The Morgan fingerprint density at radius 1 is 1.30 bits per heavy atom. The molecule has 0 fully saturated rings. The first-order valence-corrected chi connectivity index (χ1v) is 6.49. The molecule has 20 heavy (non-hydrogen) atoms. The molecule has 0 aliphatic heterocycles. The van der Waals surface area contributed by atoms with Crippen LogP contribution in [-0.4, -0.2) is 21.6 Å². The van der Waals surface area contributed by atoms with Gasteiger partial charge in [-0.1, -0.05) is 11.8 Å². The molecule has 0 saturated heterocycles. The number of nitrogens with one attached hydrogen (secondary N) is 1. The number of hydrogen-bond acceptors (Lipinski definition) is 5. The average molecular weight is 296 g/mol. The van der Waals surface area contributed by atoms with Gasteiger partial charge in [0.05, 0.1) is 11.4 Å². The van der Waals surface area contributed by atoms with E-state index in [-0.39, 0.29) is 17.3 Å². The van der Waals surface area contributed by atoms with Gasteiger partial charge in [-0.15, -0.1) is 0 Å². The molecule has 0 spiro atoms. The molecule has 0 aliphatic carbocycles. The summed E-state index contributed by atoms with van der Waals surface area (Å²) in [5.74, 6) is -1.78. The van der Waals surface area contributed by atoms with Crippen molar-refractivity contribution >= 4 is 29.2 Å². The standard InChI is InChI=1S/C12H10F2N4OS/c13-7-1-2-9(8(14)5-7)18-10(19)6-20-12-11(15)16-3-4-17-12/h1-5H,6H2,(H2,15,16)(H,18,19). The fourth-order valence-electron chi connectivity index (χ4n) is 1.36. The van der Waals surface area contributed by atoms with Gasteiger partial charge in [0.1, 0.15) is 16.7 Å². The lowest BCUT2D eigenvalue weighted by Crippen LogP contribution is -2.15. The van der Waals surface area contributed by atoms with Gasteiger partial charge in [-0.3, -0.25) is 4.79 Å². The third-order valence-electron chi connectivity index (χ3n) is 2.24. The Morgan fingerprint density at radius 2 is 2.05 bits per heavy atom. The first-order chi connectivity index (χ1) is 9.56. The third-order valence-corrected chi connectivity index (χ3v) is 3.23. The number of aromatic nitrogens is 2. The van der Waals surface area contributed by atoms with E-state index in [4.69, 9.17) is 5.73 Å². The first kappa shape index (κ1) is 14.2. The Morgan fingerprint density at radius 3 is 2.75 bits per heavy atom. The van der Waals surface area contributed by atoms with Gasteiger partial charge in [0.25, 0.3) is 0 Å². The molecule has 1 heterocycles. The van der Waals surface area contributed by atoms with Gasteiger partial charge < -0.3 is 11.1 Å². The van der Waals surface area contributed by atoms with Crippen molar-refractivity contribution < 1.29 is 13.6 Å². The normalized spacial score (nSPS) is 10.3. The number of rotatable bonds is 4. The molecule has 0 saturated carbocycles. The monoisotopic (exact) mass is 296 g/mol. The van der Waals surface area contributed by atoms with Crippen molar-refractivity contribution in [1.29, 1.82) is 0 Å². The molecule has 104 valence electrons. The van der Waals surface area contributed by atoms with Crippen molar-refractivity contribution in [2.75, 3.05) is 16.8 Å². The molecular weight excluding hydrogens is 286 g/mol. The molecule has 1 aromatic heterocycles. The van der Waals surface area contributed by atoms with E-state index in [2.05, 4.69) is 15.3 Å². The van der Waals surface area contributed by atoms with Gasteiger partial charge in [0.2, 0.25) is 5.91 Å². The molecule has 3 N–H and O–H groups in total. The summed E-state index contributed by atoms with van der Waals surface area (Å²) in [5, 5.41) is 2.76. The molecule has 0 bridgehead atoms. The van der Waals surface area contributed by atoms with Gasteiger partial charge in [0.15, 0.2) is 5.82 Å². The summed E-state index contributed by atoms with van der Waals surface area (Å²) in [6.45, 7) is 0. The lowest BCUT2D eigenvalue weighted by Gasteiger charge is -2.06. The van der Waals surface area contributed by atoms with Crippen LogP contribution in [0.15, 0.2) is 35.6 Å². The van der Waals surface area contributed by atoms with Crippen molar-refractivity contribution in [1.82, 2.24) is 9.97 Å². The highest BCUT2D eigenvalue weighted by molar-refractivity contribution is 8.00. The zero-order valence-electron chi connectivity index (χ0n) is 10.1. The Hall–Kier alpha value is -2.22. The number of anilines is 2. The van der Waals surface area contributed by atoms with Crippen LogP contribution in [0.5, 0.6) is 0 Å². The van der Waals surface area contributed by atoms with E-state index in [1.165, 1.54) is 12.4 Å². The van der Waals surface area contributed by atoms with Crippen molar-refractivity contribution in [3.05, 3.63) is 42.2 Å². The highest BCUT2D eigenvalue weighted by Crippen LogP contribution is 2.20. The largest absolute Gasteiger partial charge is 0.381 e. The van der Waals surface area contributed by atoms with Crippen LogP contribution in [0, 0.1) is 11.6 Å². The summed E-state index contributed by atoms with van der Waals surface area (Å²) in [5.41, 5.74) is 5.49. The van der Waals surface area contributed by atoms with Crippen molar-refractivity contribution in [2.24, 2.45) is 0 Å². The number of carbonyl (C=O) groups excluding carboxylic acids is 1. The molecule has 0 aliphatic rings. The lowest BCUT2D eigenvalue weighted by molar-refractivity contribution is -0.113. The fourth-order valence-corrected chi connectivity index (χ4v) is 2.03. The number of benzene rings is 1. The Labute approximate surface area is 117 Å². The number of nitrogens with zero attached hydrogens (tertiary/aromatic N) is 2. The van der Waals surface area contributed by atoms with E-state index in [1.54, 1.807) is 0 Å². The average Bonchev–Trinajstić information content (AvgIpc) is 2.41. The highest BCUT2D eigenvalue weighted by Gasteiger charge is 2.10. The van der Waals surface area contributed by atoms with Crippen LogP contribution in [0.3, 0.4) is 0 Å². The van der Waals surface area contributed by atoms with Crippen molar-refractivity contribution in [2.45, 2.75) is 5.03 Å². The number of halogens is 2. The van der Waals surface area contributed by atoms with Gasteiger partial charge in [-0.2, -0.15) is 0 Å². The maximum Gasteiger partial charge on any atom is 0.234 e. The number of hydrogen-bond donors (Lipinski definition) is 2.